The Morgan fingerprint density at radius 1 is 1.37 bits per heavy atom. The Morgan fingerprint density at radius 2 is 2.15 bits per heavy atom. The quantitative estimate of drug-likeness (QED) is 0.328. The highest BCUT2D eigenvalue weighted by Gasteiger charge is 2.22. The molecule has 0 fully saturated rings. The first-order chi connectivity index (χ1) is 12.9. The first kappa shape index (κ1) is 18.6. The van der Waals surface area contributed by atoms with Gasteiger partial charge in [-0.2, -0.15) is 0 Å². The molecule has 0 spiro atoms. The molecule has 0 saturated carbocycles. The van der Waals surface area contributed by atoms with Crippen molar-refractivity contribution in [1.82, 2.24) is 9.97 Å². The fourth-order valence-electron chi connectivity index (χ4n) is 2.30. The lowest BCUT2D eigenvalue weighted by molar-refractivity contribution is -0.385. The molecule has 2 amide bonds. The number of primary amides is 1. The van der Waals surface area contributed by atoms with Gasteiger partial charge < -0.3 is 10.7 Å². The molecule has 0 radical (unpaired) electrons. The van der Waals surface area contributed by atoms with Gasteiger partial charge in [-0.25, -0.2) is 4.98 Å². The van der Waals surface area contributed by atoms with Crippen molar-refractivity contribution in [3.05, 3.63) is 57.2 Å². The topological polar surface area (TPSA) is 144 Å². The van der Waals surface area contributed by atoms with Crippen molar-refractivity contribution in [1.29, 1.82) is 0 Å². The van der Waals surface area contributed by atoms with Crippen LogP contribution in [-0.2, 0) is 0 Å². The fourth-order valence-corrected chi connectivity index (χ4v) is 3.45. The number of aromatic amines is 1. The van der Waals surface area contributed by atoms with Crippen LogP contribution in [0.2, 0.25) is 0 Å². The standard InChI is InChI=1S/C16H13N5O4S2/c1-26-9-2-3-13(21(24)25)10(5-9)15(23)20-16-19-12(7-27-16)8-4-11(14(17)22)18-6-8/h2-7,18H,1H3,(H2,17,22)(H,19,20,23). The molecule has 0 bridgehead atoms. The maximum atomic E-state index is 12.5. The van der Waals surface area contributed by atoms with Crippen LogP contribution in [0.4, 0.5) is 10.8 Å². The maximum absolute atomic E-state index is 12.5. The number of H-pyrrole nitrogens is 1. The number of nitrogens with one attached hydrogen (secondary N) is 2. The summed E-state index contributed by atoms with van der Waals surface area (Å²) in [5.41, 5.74) is 6.29. The average molecular weight is 403 g/mol. The van der Waals surface area contributed by atoms with Crippen molar-refractivity contribution in [2.75, 3.05) is 11.6 Å². The summed E-state index contributed by atoms with van der Waals surface area (Å²) in [5.74, 6) is -1.21. The lowest BCUT2D eigenvalue weighted by Gasteiger charge is -2.05. The molecule has 138 valence electrons. The first-order valence-corrected chi connectivity index (χ1v) is 9.57. The van der Waals surface area contributed by atoms with E-state index in [-0.39, 0.29) is 22.1 Å². The van der Waals surface area contributed by atoms with E-state index in [9.17, 15) is 19.7 Å². The number of benzene rings is 1. The van der Waals surface area contributed by atoms with Gasteiger partial charge in [-0.1, -0.05) is 0 Å². The van der Waals surface area contributed by atoms with Gasteiger partial charge in [-0.3, -0.25) is 25.0 Å². The van der Waals surface area contributed by atoms with Gasteiger partial charge in [0.15, 0.2) is 5.13 Å². The molecule has 0 aliphatic rings. The highest BCUT2D eigenvalue weighted by molar-refractivity contribution is 7.98. The minimum absolute atomic E-state index is 0.0405. The predicted octanol–water partition coefficient (Wildman–Crippen LogP) is 3.12. The monoisotopic (exact) mass is 403 g/mol. The lowest BCUT2D eigenvalue weighted by Crippen LogP contribution is -2.14. The van der Waals surface area contributed by atoms with E-state index in [1.165, 1.54) is 23.9 Å². The Bertz CT molecular complexity index is 1040. The average Bonchev–Trinajstić information content (AvgIpc) is 3.30. The number of nitrogens with two attached hydrogens (primary N) is 1. The van der Waals surface area contributed by atoms with Crippen molar-refractivity contribution >= 4 is 45.7 Å². The fraction of sp³-hybridized carbons (Fsp3) is 0.0625. The summed E-state index contributed by atoms with van der Waals surface area (Å²) >= 11 is 2.54. The minimum Gasteiger partial charge on any atom is -0.364 e. The molecule has 9 nitrogen and oxygen atoms in total. The third kappa shape index (κ3) is 3.99. The van der Waals surface area contributed by atoms with Crippen LogP contribution in [0.15, 0.2) is 40.7 Å². The number of nitrogens with zero attached hydrogens (tertiary/aromatic N) is 2. The number of nitro groups is 1. The molecule has 0 atom stereocenters. The SMILES string of the molecule is CSc1ccc([N+](=O)[O-])c(C(=O)Nc2nc(-c3c[nH]c(C(N)=O)c3)cs2)c1. The van der Waals surface area contributed by atoms with Crippen molar-refractivity contribution in [2.45, 2.75) is 4.90 Å². The molecule has 3 rings (SSSR count). The van der Waals surface area contributed by atoms with Gasteiger partial charge in [0.25, 0.3) is 17.5 Å². The van der Waals surface area contributed by atoms with Crippen LogP contribution in [0.1, 0.15) is 20.8 Å². The van der Waals surface area contributed by atoms with Crippen LogP contribution < -0.4 is 11.1 Å². The molecule has 3 aromatic rings. The Morgan fingerprint density at radius 3 is 2.78 bits per heavy atom. The number of nitro benzene ring substituents is 1. The number of hydrogen-bond acceptors (Lipinski definition) is 7. The number of hydrogen-bond donors (Lipinski definition) is 3. The third-order valence-electron chi connectivity index (χ3n) is 3.61. The number of carbonyl (C=O) groups is 2. The summed E-state index contributed by atoms with van der Waals surface area (Å²) in [7, 11) is 0. The molecule has 2 heterocycles. The zero-order valence-corrected chi connectivity index (χ0v) is 15.5. The van der Waals surface area contributed by atoms with Gasteiger partial charge in [0, 0.05) is 28.1 Å². The van der Waals surface area contributed by atoms with E-state index in [1.54, 1.807) is 23.7 Å². The predicted molar refractivity (Wildman–Crippen MR) is 103 cm³/mol. The molecule has 0 aliphatic heterocycles. The largest absolute Gasteiger partial charge is 0.364 e. The summed E-state index contributed by atoms with van der Waals surface area (Å²) in [5, 5.41) is 15.7. The number of anilines is 1. The zero-order valence-electron chi connectivity index (χ0n) is 13.9. The van der Waals surface area contributed by atoms with Gasteiger partial charge in [-0.15, -0.1) is 23.1 Å². The van der Waals surface area contributed by atoms with Crippen LogP contribution in [0, 0.1) is 10.1 Å². The highest BCUT2D eigenvalue weighted by atomic mass is 32.2. The second-order valence-corrected chi connectivity index (χ2v) is 7.04. The van der Waals surface area contributed by atoms with Gasteiger partial charge in [0.2, 0.25) is 0 Å². The van der Waals surface area contributed by atoms with Gasteiger partial charge in [0.05, 0.1) is 10.6 Å². The normalized spacial score (nSPS) is 10.6. The van der Waals surface area contributed by atoms with Crippen molar-refractivity contribution in [2.24, 2.45) is 5.73 Å². The first-order valence-electron chi connectivity index (χ1n) is 7.47. The molecule has 27 heavy (non-hydrogen) atoms. The number of aromatic nitrogens is 2. The maximum Gasteiger partial charge on any atom is 0.282 e. The highest BCUT2D eigenvalue weighted by Crippen LogP contribution is 2.28. The Hall–Kier alpha value is -3.18. The van der Waals surface area contributed by atoms with Gasteiger partial charge >= 0.3 is 0 Å². The van der Waals surface area contributed by atoms with E-state index in [0.29, 0.717) is 11.3 Å². The number of thiazole rings is 1. The third-order valence-corrected chi connectivity index (χ3v) is 5.10. The molecule has 4 N–H and O–H groups in total. The smallest absolute Gasteiger partial charge is 0.282 e. The summed E-state index contributed by atoms with van der Waals surface area (Å²) in [4.78, 5) is 42.0. The van der Waals surface area contributed by atoms with Crippen LogP contribution in [0.3, 0.4) is 0 Å². The lowest BCUT2D eigenvalue weighted by atomic mass is 10.1. The van der Waals surface area contributed by atoms with Crippen LogP contribution in [-0.4, -0.2) is 33.0 Å². The summed E-state index contributed by atoms with van der Waals surface area (Å²) < 4.78 is 0. The molecule has 0 saturated heterocycles. The summed E-state index contributed by atoms with van der Waals surface area (Å²) in [6.07, 6.45) is 3.39. The second kappa shape index (κ2) is 7.60. The van der Waals surface area contributed by atoms with E-state index >= 15 is 0 Å². The van der Waals surface area contributed by atoms with Crippen LogP contribution in [0.5, 0.6) is 0 Å². The second-order valence-electron chi connectivity index (χ2n) is 5.30. The number of rotatable bonds is 6. The minimum atomic E-state index is -0.620. The van der Waals surface area contributed by atoms with Gasteiger partial charge in [-0.05, 0) is 24.5 Å². The van der Waals surface area contributed by atoms with Crippen molar-refractivity contribution in [3.8, 4) is 11.3 Å². The molecule has 2 aromatic heterocycles. The van der Waals surface area contributed by atoms with E-state index in [2.05, 4.69) is 15.3 Å². The number of amides is 2. The van der Waals surface area contributed by atoms with E-state index in [1.807, 2.05) is 6.26 Å². The molecular formula is C16H13N5O4S2. The Labute approximate surface area is 161 Å². The summed E-state index contributed by atoms with van der Waals surface area (Å²) in [6.45, 7) is 0. The van der Waals surface area contributed by atoms with E-state index in [0.717, 1.165) is 16.2 Å². The van der Waals surface area contributed by atoms with Crippen molar-refractivity contribution < 1.29 is 14.5 Å². The molecule has 0 aliphatic carbocycles. The van der Waals surface area contributed by atoms with E-state index in [4.69, 9.17) is 5.73 Å². The Kier molecular flexibility index (Phi) is 5.23. The van der Waals surface area contributed by atoms with Crippen LogP contribution in [0.25, 0.3) is 11.3 Å². The molecule has 11 heteroatoms. The molecular weight excluding hydrogens is 390 g/mol. The van der Waals surface area contributed by atoms with Crippen LogP contribution >= 0.6 is 23.1 Å². The number of thioether (sulfide) groups is 1. The molecule has 0 unspecified atom stereocenters. The Balaban J connectivity index is 1.84. The van der Waals surface area contributed by atoms with Gasteiger partial charge in [0.1, 0.15) is 11.3 Å². The van der Waals surface area contributed by atoms with Crippen molar-refractivity contribution in [3.63, 3.8) is 0 Å². The molecule has 1 aromatic carbocycles. The van der Waals surface area contributed by atoms with E-state index < -0.39 is 16.7 Å². The zero-order chi connectivity index (χ0) is 19.6. The number of carbonyl (C=O) groups excluding carboxylic acids is 2. The summed E-state index contributed by atoms with van der Waals surface area (Å²) in [6, 6.07) is 5.91.